The molecule has 1 atom stereocenters. The minimum Gasteiger partial charge on any atom is -0.497 e. The minimum absolute atomic E-state index is 0.209. The Bertz CT molecular complexity index is 634. The highest BCUT2D eigenvalue weighted by Gasteiger charge is 2.20. The number of ether oxygens (including phenoxy) is 2. The molecule has 0 saturated carbocycles. The monoisotopic (exact) mass is 309 g/mol. The fourth-order valence-corrected chi connectivity index (χ4v) is 2.55. The van der Waals surface area contributed by atoms with Crippen LogP contribution in [0.3, 0.4) is 0 Å². The van der Waals surface area contributed by atoms with E-state index in [9.17, 15) is 4.39 Å². The van der Waals surface area contributed by atoms with Crippen LogP contribution in [-0.2, 0) is 0 Å². The van der Waals surface area contributed by atoms with E-state index in [0.717, 1.165) is 11.1 Å². The van der Waals surface area contributed by atoms with Gasteiger partial charge in [0.15, 0.2) is 0 Å². The molecule has 0 radical (unpaired) electrons. The number of benzene rings is 2. The van der Waals surface area contributed by atoms with Gasteiger partial charge in [0, 0.05) is 16.7 Å². The Balaban J connectivity index is 2.50. The van der Waals surface area contributed by atoms with Crippen molar-refractivity contribution < 1.29 is 13.9 Å². The van der Waals surface area contributed by atoms with Gasteiger partial charge in [-0.2, -0.15) is 0 Å². The molecule has 2 aromatic carbocycles. The van der Waals surface area contributed by atoms with Crippen molar-refractivity contribution in [1.82, 2.24) is 5.32 Å². The van der Waals surface area contributed by atoms with Gasteiger partial charge in [0.05, 0.1) is 20.3 Å². The van der Waals surface area contributed by atoms with Crippen molar-refractivity contribution in [2.75, 3.05) is 21.3 Å². The highest BCUT2D eigenvalue weighted by molar-refractivity contribution is 6.31. The quantitative estimate of drug-likeness (QED) is 0.911. The van der Waals surface area contributed by atoms with Gasteiger partial charge in [-0.1, -0.05) is 17.7 Å². The molecule has 1 unspecified atom stereocenters. The minimum atomic E-state index is -0.361. The highest BCUT2D eigenvalue weighted by atomic mass is 35.5. The van der Waals surface area contributed by atoms with Gasteiger partial charge < -0.3 is 14.8 Å². The Morgan fingerprint density at radius 2 is 1.76 bits per heavy atom. The molecule has 112 valence electrons. The molecule has 0 aliphatic heterocycles. The van der Waals surface area contributed by atoms with Crippen LogP contribution in [0.15, 0.2) is 36.4 Å². The maximum absolute atomic E-state index is 13.2. The Morgan fingerprint density at radius 1 is 1.05 bits per heavy atom. The van der Waals surface area contributed by atoms with Crippen molar-refractivity contribution in [3.63, 3.8) is 0 Å². The first kappa shape index (κ1) is 15.6. The first-order valence-electron chi connectivity index (χ1n) is 6.44. The van der Waals surface area contributed by atoms with E-state index in [1.165, 1.54) is 12.1 Å². The number of hydrogen-bond donors (Lipinski definition) is 1. The molecular formula is C16H17ClFNO2. The third kappa shape index (κ3) is 3.28. The molecule has 2 aromatic rings. The molecule has 0 spiro atoms. The molecule has 0 aromatic heterocycles. The molecule has 0 amide bonds. The molecule has 3 nitrogen and oxygen atoms in total. The van der Waals surface area contributed by atoms with Crippen LogP contribution >= 0.6 is 11.6 Å². The largest absolute Gasteiger partial charge is 0.497 e. The van der Waals surface area contributed by atoms with Crippen LogP contribution in [0.1, 0.15) is 17.2 Å². The summed E-state index contributed by atoms with van der Waals surface area (Å²) in [5, 5.41) is 3.55. The fourth-order valence-electron chi connectivity index (χ4n) is 2.27. The summed E-state index contributed by atoms with van der Waals surface area (Å²) in [5.74, 6) is 1.02. The van der Waals surface area contributed by atoms with E-state index in [2.05, 4.69) is 5.32 Å². The van der Waals surface area contributed by atoms with Gasteiger partial charge in [0.2, 0.25) is 0 Å². The first-order valence-corrected chi connectivity index (χ1v) is 6.82. The normalized spacial score (nSPS) is 12.0. The summed E-state index contributed by atoms with van der Waals surface area (Å²) in [6.45, 7) is 0. The molecule has 1 N–H and O–H groups in total. The lowest BCUT2D eigenvalue weighted by Gasteiger charge is -2.21. The lowest BCUT2D eigenvalue weighted by molar-refractivity contribution is 0.388. The van der Waals surface area contributed by atoms with E-state index in [1.54, 1.807) is 26.4 Å². The number of hydrogen-bond acceptors (Lipinski definition) is 3. The van der Waals surface area contributed by atoms with Crippen LogP contribution in [0.2, 0.25) is 5.02 Å². The average molecular weight is 310 g/mol. The zero-order valence-electron chi connectivity index (χ0n) is 12.1. The highest BCUT2D eigenvalue weighted by Crippen LogP contribution is 2.35. The van der Waals surface area contributed by atoms with E-state index in [1.807, 2.05) is 19.2 Å². The lowest BCUT2D eigenvalue weighted by Crippen LogP contribution is -2.19. The Hall–Kier alpha value is -1.78. The van der Waals surface area contributed by atoms with Crippen LogP contribution in [0.25, 0.3) is 0 Å². The van der Waals surface area contributed by atoms with E-state index >= 15 is 0 Å². The third-order valence-corrected chi connectivity index (χ3v) is 3.64. The molecule has 0 aliphatic rings. The number of nitrogens with one attached hydrogen (secondary N) is 1. The standard InChI is InChI=1S/C16H17ClFNO2/c1-19-16(12-6-4-10(18)8-14(12)17)13-7-5-11(20-2)9-15(13)21-3/h4-9,16,19H,1-3H3. The maximum atomic E-state index is 13.2. The Morgan fingerprint density at radius 3 is 2.33 bits per heavy atom. The predicted molar refractivity (Wildman–Crippen MR) is 81.9 cm³/mol. The van der Waals surface area contributed by atoms with E-state index in [0.29, 0.717) is 16.5 Å². The van der Waals surface area contributed by atoms with Crippen LogP contribution in [0.5, 0.6) is 11.5 Å². The number of halogens is 2. The lowest BCUT2D eigenvalue weighted by atomic mass is 9.97. The van der Waals surface area contributed by atoms with Crippen molar-refractivity contribution in [2.24, 2.45) is 0 Å². The molecule has 21 heavy (non-hydrogen) atoms. The van der Waals surface area contributed by atoms with Crippen LogP contribution in [0, 0.1) is 5.82 Å². The van der Waals surface area contributed by atoms with Gasteiger partial charge in [0.1, 0.15) is 17.3 Å². The van der Waals surface area contributed by atoms with Gasteiger partial charge in [-0.3, -0.25) is 0 Å². The second kappa shape index (κ2) is 6.78. The van der Waals surface area contributed by atoms with Gasteiger partial charge in [-0.15, -0.1) is 0 Å². The van der Waals surface area contributed by atoms with Crippen molar-refractivity contribution in [2.45, 2.75) is 6.04 Å². The smallest absolute Gasteiger partial charge is 0.127 e. The summed E-state index contributed by atoms with van der Waals surface area (Å²) in [6.07, 6.45) is 0. The van der Waals surface area contributed by atoms with E-state index < -0.39 is 0 Å². The van der Waals surface area contributed by atoms with Crippen molar-refractivity contribution in [1.29, 1.82) is 0 Å². The second-order valence-corrected chi connectivity index (χ2v) is 4.90. The molecular weight excluding hydrogens is 293 g/mol. The van der Waals surface area contributed by atoms with Gasteiger partial charge >= 0.3 is 0 Å². The van der Waals surface area contributed by atoms with Crippen LogP contribution < -0.4 is 14.8 Å². The van der Waals surface area contributed by atoms with Gasteiger partial charge in [-0.25, -0.2) is 4.39 Å². The zero-order valence-corrected chi connectivity index (χ0v) is 12.9. The fraction of sp³-hybridized carbons (Fsp3) is 0.250. The SMILES string of the molecule is CNC(c1ccc(F)cc1Cl)c1ccc(OC)cc1OC. The maximum Gasteiger partial charge on any atom is 0.127 e. The van der Waals surface area contributed by atoms with Crippen LogP contribution in [-0.4, -0.2) is 21.3 Å². The average Bonchev–Trinajstić information content (AvgIpc) is 2.50. The summed E-state index contributed by atoms with van der Waals surface area (Å²) in [4.78, 5) is 0. The van der Waals surface area contributed by atoms with Crippen LogP contribution in [0.4, 0.5) is 4.39 Å². The topological polar surface area (TPSA) is 30.5 Å². The Labute approximate surface area is 128 Å². The molecule has 5 heteroatoms. The third-order valence-electron chi connectivity index (χ3n) is 3.31. The van der Waals surface area contributed by atoms with Crippen molar-refractivity contribution >= 4 is 11.6 Å². The molecule has 0 fully saturated rings. The molecule has 0 saturated heterocycles. The summed E-state index contributed by atoms with van der Waals surface area (Å²) < 4.78 is 23.8. The molecule has 0 bridgehead atoms. The molecule has 2 rings (SSSR count). The number of methoxy groups -OCH3 is 2. The second-order valence-electron chi connectivity index (χ2n) is 4.50. The van der Waals surface area contributed by atoms with E-state index in [-0.39, 0.29) is 11.9 Å². The summed E-state index contributed by atoms with van der Waals surface area (Å²) in [6, 6.07) is 9.70. The summed E-state index contributed by atoms with van der Waals surface area (Å²) >= 11 is 6.16. The van der Waals surface area contributed by atoms with Crippen molar-refractivity contribution in [3.8, 4) is 11.5 Å². The van der Waals surface area contributed by atoms with E-state index in [4.69, 9.17) is 21.1 Å². The molecule has 0 heterocycles. The molecule has 0 aliphatic carbocycles. The summed E-state index contributed by atoms with van der Waals surface area (Å²) in [5.41, 5.74) is 1.68. The Kier molecular flexibility index (Phi) is 5.04. The van der Waals surface area contributed by atoms with Gasteiger partial charge in [-0.05, 0) is 36.9 Å². The summed E-state index contributed by atoms with van der Waals surface area (Å²) in [7, 11) is 5.01. The predicted octanol–water partition coefficient (Wildman–Crippen LogP) is 3.81. The van der Waals surface area contributed by atoms with Crippen molar-refractivity contribution in [3.05, 3.63) is 58.4 Å². The van der Waals surface area contributed by atoms with Gasteiger partial charge in [0.25, 0.3) is 0 Å². The zero-order chi connectivity index (χ0) is 15.4. The first-order chi connectivity index (χ1) is 10.1. The number of rotatable bonds is 5.